The van der Waals surface area contributed by atoms with Gasteiger partial charge in [0.15, 0.2) is 11.6 Å². The van der Waals surface area contributed by atoms with E-state index >= 15 is 0 Å². The fourth-order valence-corrected chi connectivity index (χ4v) is 2.71. The number of nitrogens with two attached hydrogens (primary N) is 1. The smallest absolute Gasteiger partial charge is 0.240 e. The van der Waals surface area contributed by atoms with Crippen molar-refractivity contribution < 1.29 is 27.4 Å². The van der Waals surface area contributed by atoms with Crippen molar-refractivity contribution in [2.24, 2.45) is 0 Å². The lowest BCUT2D eigenvalue weighted by Gasteiger charge is -2.10. The quantitative estimate of drug-likeness (QED) is 0.439. The summed E-state index contributed by atoms with van der Waals surface area (Å²) in [4.78, 5) is -0.269. The van der Waals surface area contributed by atoms with Gasteiger partial charge in [-0.05, 0) is 18.6 Å². The van der Waals surface area contributed by atoms with Crippen LogP contribution in [0.2, 0.25) is 0 Å². The lowest BCUT2D eigenvalue weighted by atomic mass is 10.3. The van der Waals surface area contributed by atoms with E-state index < -0.39 is 15.8 Å². The van der Waals surface area contributed by atoms with E-state index in [0.29, 0.717) is 13.0 Å². The van der Waals surface area contributed by atoms with Crippen LogP contribution in [-0.4, -0.2) is 47.0 Å². The van der Waals surface area contributed by atoms with E-state index in [0.717, 1.165) is 12.1 Å². The Morgan fingerprint density at radius 2 is 2.10 bits per heavy atom. The van der Waals surface area contributed by atoms with Gasteiger partial charge in [-0.3, -0.25) is 0 Å². The monoisotopic (exact) mass is 322 g/mol. The molecule has 0 aliphatic heterocycles. The molecule has 0 aliphatic rings. The van der Waals surface area contributed by atoms with Gasteiger partial charge in [0.2, 0.25) is 10.0 Å². The van der Waals surface area contributed by atoms with Gasteiger partial charge < -0.3 is 20.3 Å². The molecule has 0 heterocycles. The number of aliphatic hydroxyl groups is 1. The summed E-state index contributed by atoms with van der Waals surface area (Å²) in [7, 11) is -2.61. The highest BCUT2D eigenvalue weighted by Crippen LogP contribution is 2.28. The van der Waals surface area contributed by atoms with E-state index in [4.69, 9.17) is 20.3 Å². The lowest BCUT2D eigenvalue weighted by molar-refractivity contribution is 0.0913. The van der Waals surface area contributed by atoms with Crippen LogP contribution in [0.5, 0.6) is 5.75 Å². The second-order valence-corrected chi connectivity index (χ2v) is 5.88. The predicted molar refractivity (Wildman–Crippen MR) is 75.1 cm³/mol. The first-order valence-corrected chi connectivity index (χ1v) is 7.72. The van der Waals surface area contributed by atoms with E-state index in [1.165, 1.54) is 7.11 Å². The van der Waals surface area contributed by atoms with E-state index in [9.17, 15) is 12.8 Å². The molecule has 7 nitrogen and oxygen atoms in total. The number of rotatable bonds is 9. The molecule has 0 bridgehead atoms. The fourth-order valence-electron chi connectivity index (χ4n) is 1.59. The van der Waals surface area contributed by atoms with Crippen LogP contribution in [0.1, 0.15) is 6.42 Å². The topological polar surface area (TPSA) is 111 Å². The van der Waals surface area contributed by atoms with Crippen molar-refractivity contribution in [2.45, 2.75) is 11.3 Å². The van der Waals surface area contributed by atoms with Gasteiger partial charge in [-0.1, -0.05) is 0 Å². The van der Waals surface area contributed by atoms with Gasteiger partial charge in [0, 0.05) is 13.2 Å². The molecule has 0 aromatic heterocycles. The Morgan fingerprint density at radius 3 is 2.67 bits per heavy atom. The van der Waals surface area contributed by atoms with E-state index in [2.05, 4.69) is 4.72 Å². The minimum atomic E-state index is -3.85. The number of hydrogen-bond donors (Lipinski definition) is 3. The second kappa shape index (κ2) is 8.13. The molecule has 21 heavy (non-hydrogen) atoms. The Balaban J connectivity index is 2.66. The minimum absolute atomic E-state index is 0.0872. The summed E-state index contributed by atoms with van der Waals surface area (Å²) in [5, 5.41) is 8.50. The highest BCUT2D eigenvalue weighted by molar-refractivity contribution is 7.89. The molecule has 1 aromatic carbocycles. The summed E-state index contributed by atoms with van der Waals surface area (Å²) in [5.41, 5.74) is 5.44. The van der Waals surface area contributed by atoms with Crippen LogP contribution in [-0.2, 0) is 14.8 Å². The third-order valence-electron chi connectivity index (χ3n) is 2.55. The van der Waals surface area contributed by atoms with Crippen LogP contribution in [0.3, 0.4) is 0 Å². The summed E-state index contributed by atoms with van der Waals surface area (Å²) in [6.07, 6.45) is 0.424. The van der Waals surface area contributed by atoms with Crippen molar-refractivity contribution in [3.63, 3.8) is 0 Å². The number of methoxy groups -OCH3 is 1. The Kier molecular flexibility index (Phi) is 6.82. The molecular weight excluding hydrogens is 303 g/mol. The second-order valence-electron chi connectivity index (χ2n) is 4.11. The predicted octanol–water partition coefficient (Wildman–Crippen LogP) is 0.0938. The molecule has 9 heteroatoms. The Labute approximate surface area is 122 Å². The standard InChI is InChI=1S/C12H19FN2O5S/c1-19-12-10(13)7-9(8-11(12)14)21(17,18)15-3-2-5-20-6-4-16/h7-8,15-16H,2-6,14H2,1H3. The zero-order chi connectivity index (χ0) is 15.9. The molecule has 120 valence electrons. The number of hydrogen-bond acceptors (Lipinski definition) is 6. The Bertz CT molecular complexity index is 542. The number of ether oxygens (including phenoxy) is 2. The van der Waals surface area contributed by atoms with E-state index in [1.807, 2.05) is 0 Å². The van der Waals surface area contributed by atoms with Gasteiger partial charge in [0.05, 0.1) is 30.9 Å². The third kappa shape index (κ3) is 5.12. The minimum Gasteiger partial charge on any atom is -0.492 e. The average Bonchev–Trinajstić information content (AvgIpc) is 2.42. The van der Waals surface area contributed by atoms with Crippen molar-refractivity contribution in [2.75, 3.05) is 39.2 Å². The van der Waals surface area contributed by atoms with Gasteiger partial charge in [0.1, 0.15) is 0 Å². The van der Waals surface area contributed by atoms with Gasteiger partial charge in [-0.2, -0.15) is 0 Å². The molecule has 0 saturated heterocycles. The SMILES string of the molecule is COc1c(N)cc(S(=O)(=O)NCCCOCCO)cc1F. The number of anilines is 1. The van der Waals surface area contributed by atoms with Crippen LogP contribution in [0.4, 0.5) is 10.1 Å². The molecule has 0 amide bonds. The van der Waals surface area contributed by atoms with Crippen LogP contribution in [0, 0.1) is 5.82 Å². The summed E-state index contributed by atoms with van der Waals surface area (Å²) >= 11 is 0. The van der Waals surface area contributed by atoms with Crippen molar-refractivity contribution >= 4 is 15.7 Å². The van der Waals surface area contributed by atoms with Gasteiger partial charge >= 0.3 is 0 Å². The summed E-state index contributed by atoms with van der Waals surface area (Å²) in [6, 6.07) is 1.98. The molecule has 0 radical (unpaired) electrons. The average molecular weight is 322 g/mol. The zero-order valence-corrected chi connectivity index (χ0v) is 12.5. The first-order chi connectivity index (χ1) is 9.92. The molecule has 0 spiro atoms. The Hall–Kier alpha value is -1.42. The number of halogens is 1. The fraction of sp³-hybridized carbons (Fsp3) is 0.500. The first kappa shape index (κ1) is 17.6. The highest BCUT2D eigenvalue weighted by Gasteiger charge is 2.18. The van der Waals surface area contributed by atoms with Crippen molar-refractivity contribution in [1.29, 1.82) is 0 Å². The van der Waals surface area contributed by atoms with Gasteiger partial charge in [0.25, 0.3) is 0 Å². The van der Waals surface area contributed by atoms with E-state index in [1.54, 1.807) is 0 Å². The maximum Gasteiger partial charge on any atom is 0.240 e. The Morgan fingerprint density at radius 1 is 1.38 bits per heavy atom. The normalized spacial score (nSPS) is 11.6. The molecule has 1 rings (SSSR count). The summed E-state index contributed by atoms with van der Waals surface area (Å²) in [5.74, 6) is -1.03. The molecule has 0 unspecified atom stereocenters. The molecule has 0 saturated carbocycles. The lowest BCUT2D eigenvalue weighted by Crippen LogP contribution is -2.26. The van der Waals surface area contributed by atoms with Crippen LogP contribution in [0.15, 0.2) is 17.0 Å². The van der Waals surface area contributed by atoms with Gasteiger partial charge in [-0.25, -0.2) is 17.5 Å². The molecule has 0 aliphatic carbocycles. The summed E-state index contributed by atoms with van der Waals surface area (Å²) < 4.78 is 49.6. The molecular formula is C12H19FN2O5S. The third-order valence-corrected chi connectivity index (χ3v) is 3.99. The van der Waals surface area contributed by atoms with E-state index in [-0.39, 0.29) is 36.1 Å². The van der Waals surface area contributed by atoms with Crippen molar-refractivity contribution in [3.05, 3.63) is 17.9 Å². The number of aliphatic hydroxyl groups excluding tert-OH is 1. The van der Waals surface area contributed by atoms with Crippen LogP contribution < -0.4 is 15.2 Å². The number of nitrogen functional groups attached to an aromatic ring is 1. The maximum atomic E-state index is 13.6. The van der Waals surface area contributed by atoms with Gasteiger partial charge in [-0.15, -0.1) is 0 Å². The number of benzene rings is 1. The number of nitrogens with one attached hydrogen (secondary N) is 1. The summed E-state index contributed by atoms with van der Waals surface area (Å²) in [6.45, 7) is 0.548. The largest absolute Gasteiger partial charge is 0.492 e. The molecule has 0 atom stereocenters. The van der Waals surface area contributed by atoms with Crippen molar-refractivity contribution in [3.8, 4) is 5.75 Å². The van der Waals surface area contributed by atoms with Crippen LogP contribution >= 0.6 is 0 Å². The first-order valence-electron chi connectivity index (χ1n) is 6.23. The highest BCUT2D eigenvalue weighted by atomic mass is 32.2. The maximum absolute atomic E-state index is 13.6. The molecule has 1 aromatic rings. The zero-order valence-electron chi connectivity index (χ0n) is 11.6. The van der Waals surface area contributed by atoms with Crippen LogP contribution in [0.25, 0.3) is 0 Å². The van der Waals surface area contributed by atoms with Crippen molar-refractivity contribution in [1.82, 2.24) is 4.72 Å². The molecule has 0 fully saturated rings. The number of sulfonamides is 1. The molecule has 4 N–H and O–H groups in total.